The molecule has 0 aliphatic rings. The first-order valence-corrected chi connectivity index (χ1v) is 6.91. The number of nitrogens with two attached hydrogens (primary N) is 1. The SMILES string of the molecule is CCCC(N)C(=O)N(C)c1ccc(C(C)(C)C)cc1. The molecule has 0 bridgehead atoms. The van der Waals surface area contributed by atoms with Crippen molar-refractivity contribution in [1.82, 2.24) is 0 Å². The summed E-state index contributed by atoms with van der Waals surface area (Å²) < 4.78 is 0. The molecule has 0 aromatic heterocycles. The van der Waals surface area contributed by atoms with E-state index in [2.05, 4.69) is 32.9 Å². The van der Waals surface area contributed by atoms with E-state index in [1.54, 1.807) is 11.9 Å². The fourth-order valence-corrected chi connectivity index (χ4v) is 2.00. The third-order valence-electron chi connectivity index (χ3n) is 3.37. The van der Waals surface area contributed by atoms with Crippen LogP contribution in [0.1, 0.15) is 46.1 Å². The largest absolute Gasteiger partial charge is 0.320 e. The average Bonchev–Trinajstić information content (AvgIpc) is 2.36. The highest BCUT2D eigenvalue weighted by Crippen LogP contribution is 2.24. The second-order valence-corrected chi connectivity index (χ2v) is 6.09. The van der Waals surface area contributed by atoms with Crippen molar-refractivity contribution < 1.29 is 4.79 Å². The van der Waals surface area contributed by atoms with Gasteiger partial charge in [-0.3, -0.25) is 4.79 Å². The van der Waals surface area contributed by atoms with Crippen LogP contribution < -0.4 is 10.6 Å². The minimum atomic E-state index is -0.405. The van der Waals surface area contributed by atoms with E-state index in [9.17, 15) is 4.79 Å². The van der Waals surface area contributed by atoms with Gasteiger partial charge in [0.15, 0.2) is 0 Å². The molecule has 0 saturated carbocycles. The predicted octanol–water partition coefficient (Wildman–Crippen LogP) is 3.07. The minimum absolute atomic E-state index is 0.0228. The quantitative estimate of drug-likeness (QED) is 0.906. The molecule has 0 aliphatic heterocycles. The lowest BCUT2D eigenvalue weighted by Gasteiger charge is -2.23. The number of carbonyl (C=O) groups excluding carboxylic acids is 1. The number of carbonyl (C=O) groups is 1. The van der Waals surface area contributed by atoms with Crippen molar-refractivity contribution in [1.29, 1.82) is 0 Å². The van der Waals surface area contributed by atoms with Gasteiger partial charge in [0.2, 0.25) is 5.91 Å². The number of likely N-dealkylation sites (N-methyl/N-ethyl adjacent to an activating group) is 1. The van der Waals surface area contributed by atoms with Crippen LogP contribution in [0, 0.1) is 0 Å². The zero-order valence-electron chi connectivity index (χ0n) is 12.7. The molecule has 3 nitrogen and oxygen atoms in total. The van der Waals surface area contributed by atoms with Gasteiger partial charge in [-0.25, -0.2) is 0 Å². The lowest BCUT2D eigenvalue weighted by Crippen LogP contribution is -2.41. The molecule has 1 aromatic rings. The molecule has 106 valence electrons. The van der Waals surface area contributed by atoms with Crippen LogP contribution in [-0.4, -0.2) is 19.0 Å². The number of amides is 1. The van der Waals surface area contributed by atoms with Crippen LogP contribution in [0.25, 0.3) is 0 Å². The lowest BCUT2D eigenvalue weighted by atomic mass is 9.87. The van der Waals surface area contributed by atoms with Crippen molar-refractivity contribution in [2.45, 2.75) is 52.0 Å². The number of rotatable bonds is 4. The molecule has 0 spiro atoms. The maximum absolute atomic E-state index is 12.1. The maximum Gasteiger partial charge on any atom is 0.243 e. The molecule has 1 rings (SSSR count). The van der Waals surface area contributed by atoms with Crippen molar-refractivity contribution in [3.05, 3.63) is 29.8 Å². The Morgan fingerprint density at radius 2 is 1.79 bits per heavy atom. The highest BCUT2D eigenvalue weighted by atomic mass is 16.2. The van der Waals surface area contributed by atoms with Gasteiger partial charge in [0, 0.05) is 12.7 Å². The average molecular weight is 262 g/mol. The summed E-state index contributed by atoms with van der Waals surface area (Å²) >= 11 is 0. The Labute approximate surface area is 116 Å². The molecule has 1 aromatic carbocycles. The van der Waals surface area contributed by atoms with Gasteiger partial charge in [0.25, 0.3) is 0 Å². The van der Waals surface area contributed by atoms with Crippen molar-refractivity contribution in [3.63, 3.8) is 0 Å². The van der Waals surface area contributed by atoms with Gasteiger partial charge in [-0.1, -0.05) is 46.2 Å². The minimum Gasteiger partial charge on any atom is -0.320 e. The van der Waals surface area contributed by atoms with Crippen molar-refractivity contribution >= 4 is 11.6 Å². The molecule has 19 heavy (non-hydrogen) atoms. The molecular weight excluding hydrogens is 236 g/mol. The summed E-state index contributed by atoms with van der Waals surface area (Å²) in [7, 11) is 1.78. The molecule has 1 unspecified atom stereocenters. The summed E-state index contributed by atoms with van der Waals surface area (Å²) in [6.07, 6.45) is 1.65. The molecule has 1 amide bonds. The predicted molar refractivity (Wildman–Crippen MR) is 81.4 cm³/mol. The van der Waals surface area contributed by atoms with Crippen LogP contribution in [0.15, 0.2) is 24.3 Å². The van der Waals surface area contributed by atoms with Crippen LogP contribution in [0.3, 0.4) is 0 Å². The molecule has 3 heteroatoms. The lowest BCUT2D eigenvalue weighted by molar-refractivity contribution is -0.119. The molecule has 2 N–H and O–H groups in total. The van der Waals surface area contributed by atoms with Crippen LogP contribution >= 0.6 is 0 Å². The van der Waals surface area contributed by atoms with Gasteiger partial charge in [0.1, 0.15) is 0 Å². The first-order chi connectivity index (χ1) is 8.77. The first-order valence-electron chi connectivity index (χ1n) is 6.91. The van der Waals surface area contributed by atoms with Gasteiger partial charge in [0.05, 0.1) is 6.04 Å². The van der Waals surface area contributed by atoms with E-state index in [1.807, 2.05) is 19.1 Å². The van der Waals surface area contributed by atoms with Gasteiger partial charge in [-0.2, -0.15) is 0 Å². The van der Waals surface area contributed by atoms with Crippen LogP contribution in [-0.2, 0) is 10.2 Å². The first kappa shape index (κ1) is 15.7. The number of anilines is 1. The Balaban J connectivity index is 2.83. The molecule has 0 saturated heterocycles. The van der Waals surface area contributed by atoms with Gasteiger partial charge in [-0.15, -0.1) is 0 Å². The molecule has 0 radical (unpaired) electrons. The zero-order chi connectivity index (χ0) is 14.6. The molecular formula is C16H26N2O. The topological polar surface area (TPSA) is 46.3 Å². The van der Waals surface area contributed by atoms with Crippen molar-refractivity contribution in [2.24, 2.45) is 5.73 Å². The molecule has 0 fully saturated rings. The van der Waals surface area contributed by atoms with Gasteiger partial charge >= 0.3 is 0 Å². The Morgan fingerprint density at radius 3 is 2.21 bits per heavy atom. The summed E-state index contributed by atoms with van der Waals surface area (Å²) in [5.41, 5.74) is 8.15. The number of benzene rings is 1. The highest BCUT2D eigenvalue weighted by molar-refractivity contribution is 5.96. The number of nitrogens with zero attached hydrogens (tertiary/aromatic N) is 1. The van der Waals surface area contributed by atoms with E-state index < -0.39 is 6.04 Å². The monoisotopic (exact) mass is 262 g/mol. The van der Waals surface area contributed by atoms with Crippen LogP contribution in [0.5, 0.6) is 0 Å². The van der Waals surface area contributed by atoms with E-state index in [4.69, 9.17) is 5.73 Å². The van der Waals surface area contributed by atoms with E-state index in [0.717, 1.165) is 18.5 Å². The van der Waals surface area contributed by atoms with E-state index in [-0.39, 0.29) is 11.3 Å². The van der Waals surface area contributed by atoms with Gasteiger partial charge < -0.3 is 10.6 Å². The van der Waals surface area contributed by atoms with Crippen LogP contribution in [0.4, 0.5) is 5.69 Å². The summed E-state index contributed by atoms with van der Waals surface area (Å²) in [5.74, 6) is -0.0228. The Hall–Kier alpha value is -1.35. The normalized spacial score (nSPS) is 13.2. The summed E-state index contributed by atoms with van der Waals surface area (Å²) in [6.45, 7) is 8.56. The molecule has 1 atom stereocenters. The third-order valence-corrected chi connectivity index (χ3v) is 3.37. The smallest absolute Gasteiger partial charge is 0.243 e. The van der Waals surface area contributed by atoms with Crippen molar-refractivity contribution in [2.75, 3.05) is 11.9 Å². The van der Waals surface area contributed by atoms with E-state index >= 15 is 0 Å². The summed E-state index contributed by atoms with van der Waals surface area (Å²) in [4.78, 5) is 13.8. The molecule has 0 aliphatic carbocycles. The highest BCUT2D eigenvalue weighted by Gasteiger charge is 2.19. The fraction of sp³-hybridized carbons (Fsp3) is 0.562. The van der Waals surface area contributed by atoms with Crippen LogP contribution in [0.2, 0.25) is 0 Å². The van der Waals surface area contributed by atoms with Crippen molar-refractivity contribution in [3.8, 4) is 0 Å². The Bertz CT molecular complexity index is 417. The van der Waals surface area contributed by atoms with E-state index in [1.165, 1.54) is 5.56 Å². The van der Waals surface area contributed by atoms with E-state index in [0.29, 0.717) is 0 Å². The second-order valence-electron chi connectivity index (χ2n) is 6.09. The fourth-order valence-electron chi connectivity index (χ4n) is 2.00. The van der Waals surface area contributed by atoms with Gasteiger partial charge in [-0.05, 0) is 29.5 Å². The number of hydrogen-bond donors (Lipinski definition) is 1. The second kappa shape index (κ2) is 6.20. The summed E-state index contributed by atoms with van der Waals surface area (Å²) in [5, 5.41) is 0. The summed E-state index contributed by atoms with van der Waals surface area (Å²) in [6, 6.07) is 7.71. The molecule has 0 heterocycles. The Kier molecular flexibility index (Phi) is 5.12. The third kappa shape index (κ3) is 4.06. The zero-order valence-corrected chi connectivity index (χ0v) is 12.7. The Morgan fingerprint density at radius 1 is 1.26 bits per heavy atom. The maximum atomic E-state index is 12.1. The standard InChI is InChI=1S/C16H26N2O/c1-6-7-14(17)15(19)18(5)13-10-8-12(9-11-13)16(2,3)4/h8-11,14H,6-7,17H2,1-5H3. The number of hydrogen-bond acceptors (Lipinski definition) is 2.